The number of carbonyl (C=O) groups is 6. The molecule has 3 rings (SSSR count). The van der Waals surface area contributed by atoms with Crippen LogP contribution in [0, 0.1) is 39.9 Å². The highest BCUT2D eigenvalue weighted by Gasteiger charge is 2.56. The molecule has 7 nitrogen and oxygen atoms in total. The average molecular weight is 704 g/mol. The van der Waals surface area contributed by atoms with Crippen LogP contribution in [0.2, 0.25) is 0 Å². The number of Topliss-reactive ketones (excluding diaryl/α,β-unsaturated/α-hetero) is 6. The summed E-state index contributed by atoms with van der Waals surface area (Å²) in [7, 11) is 0. The largest absolute Gasteiger partial charge is 0.375 e. The molecule has 1 aromatic carbocycles. The van der Waals surface area contributed by atoms with Gasteiger partial charge in [-0.1, -0.05) is 111 Å². The second-order valence-corrected chi connectivity index (χ2v) is 18.0. The van der Waals surface area contributed by atoms with Gasteiger partial charge < -0.3 is 5.32 Å². The molecule has 0 aliphatic heterocycles. The van der Waals surface area contributed by atoms with Crippen LogP contribution < -0.4 is 5.32 Å². The average Bonchev–Trinajstić information content (AvgIpc) is 3.33. The van der Waals surface area contributed by atoms with Crippen LogP contribution >= 0.6 is 0 Å². The molecule has 7 heteroatoms. The second kappa shape index (κ2) is 18.0. The fourth-order valence-electron chi connectivity index (χ4n) is 8.97. The molecule has 2 aliphatic carbocycles. The number of allylic oxidation sites excluding steroid dienone is 1. The van der Waals surface area contributed by atoms with Gasteiger partial charge in [-0.05, 0) is 67.8 Å². The summed E-state index contributed by atoms with van der Waals surface area (Å²) in [6, 6.07) is 8.66. The maximum absolute atomic E-state index is 14.7. The molecular weight excluding hydrogens is 638 g/mol. The molecule has 0 spiro atoms. The lowest BCUT2D eigenvalue weighted by Gasteiger charge is -2.36. The Morgan fingerprint density at radius 3 is 2.12 bits per heavy atom. The van der Waals surface area contributed by atoms with Crippen LogP contribution in [0.4, 0.5) is 0 Å². The Hall–Kier alpha value is -3.22. The summed E-state index contributed by atoms with van der Waals surface area (Å²) in [4.78, 5) is 81.8. The molecule has 1 N–H and O–H groups in total. The van der Waals surface area contributed by atoms with Crippen molar-refractivity contribution in [2.75, 3.05) is 0 Å². The Morgan fingerprint density at radius 1 is 0.922 bits per heavy atom. The van der Waals surface area contributed by atoms with Crippen molar-refractivity contribution in [3.05, 3.63) is 48.2 Å². The molecule has 0 saturated heterocycles. The minimum absolute atomic E-state index is 0.0467. The van der Waals surface area contributed by atoms with Gasteiger partial charge in [-0.3, -0.25) is 28.8 Å². The van der Waals surface area contributed by atoms with E-state index in [1.807, 2.05) is 65.0 Å². The van der Waals surface area contributed by atoms with Crippen molar-refractivity contribution in [3.8, 4) is 0 Å². The fraction of sp³-hybridized carbons (Fsp3) is 0.682. The molecule has 51 heavy (non-hydrogen) atoms. The van der Waals surface area contributed by atoms with E-state index in [9.17, 15) is 28.8 Å². The van der Waals surface area contributed by atoms with E-state index in [4.69, 9.17) is 0 Å². The zero-order chi connectivity index (χ0) is 38.1. The quantitative estimate of drug-likeness (QED) is 0.135. The minimum atomic E-state index is -0.979. The molecule has 0 aromatic heterocycles. The fourth-order valence-corrected chi connectivity index (χ4v) is 8.97. The van der Waals surface area contributed by atoms with Crippen LogP contribution in [0.15, 0.2) is 42.6 Å². The highest BCUT2D eigenvalue weighted by atomic mass is 16.2. The third-order valence-corrected chi connectivity index (χ3v) is 11.4. The summed E-state index contributed by atoms with van der Waals surface area (Å²) in [5.41, 5.74) is -0.135. The lowest BCUT2D eigenvalue weighted by atomic mass is 9.65. The minimum Gasteiger partial charge on any atom is -0.375 e. The standard InChI is InChI=1S/C44H65NO6/c1-10-17-33(40(50)37(48)23-22-29(2)45-39(30(3)46)32-20-15-12-16-21-32)24-38(49)44(9)28-43(7,8)27-36(44)41(51)35(31-18-13-11-14-19-31)25-34(47)26-42(4,5)6/h12,15-16,20-21,31,33,35-36,39,45H,2,10-11,13-14,17-19,22-28H2,1,3-9H3/t33?,35-,36?,39-,44?/m1/s1. The number of hydrogen-bond donors (Lipinski definition) is 1. The van der Waals surface area contributed by atoms with Crippen molar-refractivity contribution in [2.45, 2.75) is 151 Å². The Bertz CT molecular complexity index is 1430. The number of hydrogen-bond acceptors (Lipinski definition) is 7. The summed E-state index contributed by atoms with van der Waals surface area (Å²) in [6.07, 6.45) is 7.91. The van der Waals surface area contributed by atoms with E-state index in [0.717, 1.165) is 37.7 Å². The first kappa shape index (κ1) is 42.2. The van der Waals surface area contributed by atoms with Gasteiger partial charge in [-0.15, -0.1) is 0 Å². The molecule has 0 radical (unpaired) electrons. The van der Waals surface area contributed by atoms with E-state index in [0.29, 0.717) is 37.8 Å². The Morgan fingerprint density at radius 2 is 1.55 bits per heavy atom. The molecule has 0 bridgehead atoms. The smallest absolute Gasteiger partial charge is 0.201 e. The van der Waals surface area contributed by atoms with Gasteiger partial charge >= 0.3 is 0 Å². The Labute approximate surface area is 307 Å². The number of nitrogens with one attached hydrogen (secondary N) is 1. The third-order valence-electron chi connectivity index (χ3n) is 11.4. The van der Waals surface area contributed by atoms with Gasteiger partial charge in [0.25, 0.3) is 0 Å². The molecule has 0 heterocycles. The second-order valence-electron chi connectivity index (χ2n) is 18.0. The van der Waals surface area contributed by atoms with Gasteiger partial charge in [0.15, 0.2) is 11.6 Å². The maximum Gasteiger partial charge on any atom is 0.201 e. The van der Waals surface area contributed by atoms with Crippen molar-refractivity contribution in [1.29, 1.82) is 0 Å². The predicted octanol–water partition coefficient (Wildman–Crippen LogP) is 9.32. The van der Waals surface area contributed by atoms with Gasteiger partial charge in [0, 0.05) is 54.5 Å². The first-order valence-electron chi connectivity index (χ1n) is 19.4. The molecule has 2 aliphatic rings. The monoisotopic (exact) mass is 703 g/mol. The topological polar surface area (TPSA) is 114 Å². The first-order valence-corrected chi connectivity index (χ1v) is 19.4. The van der Waals surface area contributed by atoms with E-state index >= 15 is 0 Å². The summed E-state index contributed by atoms with van der Waals surface area (Å²) in [6.45, 7) is 19.6. The molecule has 2 saturated carbocycles. The lowest BCUT2D eigenvalue weighted by Crippen LogP contribution is -2.42. The van der Waals surface area contributed by atoms with Gasteiger partial charge in [-0.25, -0.2) is 0 Å². The van der Waals surface area contributed by atoms with Gasteiger partial charge in [0.05, 0.1) is 0 Å². The summed E-state index contributed by atoms with van der Waals surface area (Å²) < 4.78 is 0. The van der Waals surface area contributed by atoms with Crippen molar-refractivity contribution >= 4 is 34.7 Å². The predicted molar refractivity (Wildman–Crippen MR) is 203 cm³/mol. The van der Waals surface area contributed by atoms with E-state index in [-0.39, 0.29) is 65.6 Å². The molecule has 282 valence electrons. The zero-order valence-electron chi connectivity index (χ0n) is 32.8. The van der Waals surface area contributed by atoms with Crippen LogP contribution in [0.5, 0.6) is 0 Å². The number of ketones is 6. The zero-order valence-corrected chi connectivity index (χ0v) is 32.8. The Balaban J connectivity index is 1.76. The Kier molecular flexibility index (Phi) is 14.9. The molecule has 5 atom stereocenters. The van der Waals surface area contributed by atoms with Gasteiger partial charge in [0.1, 0.15) is 23.4 Å². The number of benzene rings is 1. The summed E-state index contributed by atoms with van der Waals surface area (Å²) in [5, 5.41) is 3.12. The van der Waals surface area contributed by atoms with Crippen LogP contribution in [-0.4, -0.2) is 34.7 Å². The van der Waals surface area contributed by atoms with E-state index in [2.05, 4.69) is 25.7 Å². The first-order chi connectivity index (χ1) is 23.8. The number of rotatable bonds is 20. The highest BCUT2D eigenvalue weighted by molar-refractivity contribution is 6.38. The maximum atomic E-state index is 14.7. The lowest BCUT2D eigenvalue weighted by molar-refractivity contribution is -0.144. The van der Waals surface area contributed by atoms with E-state index in [1.54, 1.807) is 0 Å². The van der Waals surface area contributed by atoms with E-state index in [1.165, 1.54) is 6.92 Å². The van der Waals surface area contributed by atoms with Crippen molar-refractivity contribution in [2.24, 2.45) is 39.9 Å². The summed E-state index contributed by atoms with van der Waals surface area (Å²) >= 11 is 0. The van der Waals surface area contributed by atoms with Gasteiger partial charge in [-0.2, -0.15) is 0 Å². The van der Waals surface area contributed by atoms with Crippen LogP contribution in [0.1, 0.15) is 157 Å². The molecule has 1 aromatic rings. The van der Waals surface area contributed by atoms with Gasteiger partial charge in [0.2, 0.25) is 5.78 Å². The van der Waals surface area contributed by atoms with E-state index < -0.39 is 40.8 Å². The molecule has 0 amide bonds. The molecule has 2 fully saturated rings. The van der Waals surface area contributed by atoms with Crippen molar-refractivity contribution < 1.29 is 28.8 Å². The number of carbonyl (C=O) groups excluding carboxylic acids is 6. The molecule has 3 unspecified atom stereocenters. The SMILES string of the molecule is C=C(CCC(=O)C(=O)C(CCC)CC(=O)C1(C)CC(C)(C)CC1C(=O)[C@H](CC(=O)CC(C)(C)C)C1CCCCC1)N[C@H](C(C)=O)c1ccccc1. The summed E-state index contributed by atoms with van der Waals surface area (Å²) in [5.74, 6) is -2.71. The van der Waals surface area contributed by atoms with Crippen molar-refractivity contribution in [3.63, 3.8) is 0 Å². The van der Waals surface area contributed by atoms with Crippen molar-refractivity contribution in [1.82, 2.24) is 5.32 Å². The van der Waals surface area contributed by atoms with Crippen LogP contribution in [-0.2, 0) is 28.8 Å². The highest BCUT2D eigenvalue weighted by Crippen LogP contribution is 2.56. The van der Waals surface area contributed by atoms with Crippen LogP contribution in [0.25, 0.3) is 0 Å². The normalized spacial score (nSPS) is 22.4. The third kappa shape index (κ3) is 11.9. The van der Waals surface area contributed by atoms with Crippen LogP contribution in [0.3, 0.4) is 0 Å². The molecular formula is C44H65NO6.